The number of carbonyl (C=O) groups excluding carboxylic acids is 1. The lowest BCUT2D eigenvalue weighted by molar-refractivity contribution is -0.116. The van der Waals surface area contributed by atoms with Gasteiger partial charge in [-0.1, -0.05) is 30.3 Å². The Balaban J connectivity index is 1.33. The van der Waals surface area contributed by atoms with Gasteiger partial charge in [0.05, 0.1) is 6.33 Å². The molecule has 0 saturated carbocycles. The molecule has 30 heavy (non-hydrogen) atoms. The number of anilines is 2. The number of hydrogen-bond donors (Lipinski definition) is 1. The Morgan fingerprint density at radius 1 is 1.03 bits per heavy atom. The number of piperazine rings is 1. The van der Waals surface area contributed by atoms with E-state index in [9.17, 15) is 9.59 Å². The van der Waals surface area contributed by atoms with E-state index in [0.717, 1.165) is 38.5 Å². The summed E-state index contributed by atoms with van der Waals surface area (Å²) in [7, 11) is 0. The van der Waals surface area contributed by atoms with E-state index >= 15 is 0 Å². The van der Waals surface area contributed by atoms with E-state index in [-0.39, 0.29) is 18.0 Å². The van der Waals surface area contributed by atoms with E-state index in [1.54, 1.807) is 6.07 Å². The fourth-order valence-electron chi connectivity index (χ4n) is 3.40. The Labute approximate surface area is 174 Å². The number of amides is 1. The molecule has 3 heterocycles. The summed E-state index contributed by atoms with van der Waals surface area (Å²) in [6, 6.07) is 13.5. The molecule has 1 aromatic carbocycles. The van der Waals surface area contributed by atoms with E-state index in [0.29, 0.717) is 5.82 Å². The molecule has 1 fully saturated rings. The molecule has 4 rings (SSSR count). The highest BCUT2D eigenvalue weighted by Crippen LogP contribution is 2.17. The molecule has 0 radical (unpaired) electrons. The van der Waals surface area contributed by atoms with Crippen LogP contribution in [-0.4, -0.2) is 56.5 Å². The highest BCUT2D eigenvalue weighted by molar-refractivity contribution is 5.89. The van der Waals surface area contributed by atoms with Gasteiger partial charge in [0.1, 0.15) is 24.5 Å². The van der Waals surface area contributed by atoms with Gasteiger partial charge in [0.25, 0.3) is 5.56 Å². The van der Waals surface area contributed by atoms with E-state index in [2.05, 4.69) is 54.3 Å². The van der Waals surface area contributed by atoms with Crippen LogP contribution in [0, 0.1) is 0 Å². The van der Waals surface area contributed by atoms with Crippen molar-refractivity contribution in [1.82, 2.24) is 24.4 Å². The third-order valence-corrected chi connectivity index (χ3v) is 4.97. The van der Waals surface area contributed by atoms with Crippen molar-refractivity contribution >= 4 is 17.5 Å². The Morgan fingerprint density at radius 2 is 1.83 bits per heavy atom. The van der Waals surface area contributed by atoms with Crippen LogP contribution in [0.1, 0.15) is 5.56 Å². The zero-order valence-electron chi connectivity index (χ0n) is 16.5. The molecule has 0 unspecified atom stereocenters. The summed E-state index contributed by atoms with van der Waals surface area (Å²) in [4.78, 5) is 40.9. The molecule has 0 aliphatic carbocycles. The van der Waals surface area contributed by atoms with Gasteiger partial charge < -0.3 is 10.2 Å². The van der Waals surface area contributed by atoms with Gasteiger partial charge in [-0.3, -0.25) is 19.1 Å². The predicted molar refractivity (Wildman–Crippen MR) is 113 cm³/mol. The molecule has 9 nitrogen and oxygen atoms in total. The number of aromatic nitrogens is 4. The Kier molecular flexibility index (Phi) is 6.09. The van der Waals surface area contributed by atoms with E-state index in [1.165, 1.54) is 35.0 Å². The van der Waals surface area contributed by atoms with Gasteiger partial charge in [-0.2, -0.15) is 0 Å². The Bertz CT molecular complexity index is 1050. The summed E-state index contributed by atoms with van der Waals surface area (Å²) < 4.78 is 1.24. The molecular formula is C21H23N7O2. The minimum Gasteiger partial charge on any atom is -0.354 e. The summed E-state index contributed by atoms with van der Waals surface area (Å²) in [5.41, 5.74) is 1.03. The molecule has 1 N–H and O–H groups in total. The first-order valence-corrected chi connectivity index (χ1v) is 9.81. The molecule has 3 aromatic rings. The van der Waals surface area contributed by atoms with Crippen molar-refractivity contribution in [1.29, 1.82) is 0 Å². The molecule has 0 spiro atoms. The van der Waals surface area contributed by atoms with Crippen molar-refractivity contribution in [2.45, 2.75) is 13.1 Å². The zero-order chi connectivity index (χ0) is 20.8. The molecule has 0 bridgehead atoms. The average molecular weight is 405 g/mol. The van der Waals surface area contributed by atoms with Crippen LogP contribution in [-0.2, 0) is 17.9 Å². The summed E-state index contributed by atoms with van der Waals surface area (Å²) in [5.74, 6) is 0.842. The van der Waals surface area contributed by atoms with E-state index < -0.39 is 0 Å². The smallest absolute Gasteiger partial charge is 0.253 e. The summed E-state index contributed by atoms with van der Waals surface area (Å²) in [5, 5.41) is 2.72. The number of carbonyl (C=O) groups is 1. The number of hydrogen-bond acceptors (Lipinski definition) is 7. The van der Waals surface area contributed by atoms with Crippen LogP contribution >= 0.6 is 0 Å². The minimum atomic E-state index is -0.345. The fraction of sp³-hybridized carbons (Fsp3) is 0.286. The summed E-state index contributed by atoms with van der Waals surface area (Å²) in [6.07, 6.45) is 4.17. The molecule has 1 amide bonds. The summed E-state index contributed by atoms with van der Waals surface area (Å²) in [6.45, 7) is 4.39. The molecule has 1 aliphatic heterocycles. The first-order chi connectivity index (χ1) is 14.7. The topological polar surface area (TPSA) is 96.2 Å². The molecule has 154 valence electrons. The first-order valence-electron chi connectivity index (χ1n) is 9.81. The number of rotatable bonds is 6. The molecule has 0 atom stereocenters. The average Bonchev–Trinajstić information content (AvgIpc) is 2.77. The second kappa shape index (κ2) is 9.27. The van der Waals surface area contributed by atoms with Crippen LogP contribution in [0.25, 0.3) is 0 Å². The summed E-state index contributed by atoms with van der Waals surface area (Å²) >= 11 is 0. The highest BCUT2D eigenvalue weighted by Gasteiger charge is 2.19. The standard InChI is InChI=1S/C21H23N7O2/c29-20(14-28-16-22-7-6-21(28)30)25-18-12-19(24-15-23-18)27-10-8-26(9-11-27)13-17-4-2-1-3-5-17/h1-7,12,15-16H,8-11,13-14H2,(H,23,24,25,29). The predicted octanol–water partition coefficient (Wildman–Crippen LogP) is 0.994. The van der Waals surface area contributed by atoms with Crippen LogP contribution in [0.3, 0.4) is 0 Å². The second-order valence-electron chi connectivity index (χ2n) is 7.10. The van der Waals surface area contributed by atoms with Crippen molar-refractivity contribution < 1.29 is 4.79 Å². The molecule has 2 aromatic heterocycles. The van der Waals surface area contributed by atoms with Crippen molar-refractivity contribution in [3.05, 3.63) is 77.2 Å². The Hall–Kier alpha value is -3.59. The first kappa shape index (κ1) is 19.7. The van der Waals surface area contributed by atoms with Crippen LogP contribution in [0.2, 0.25) is 0 Å². The van der Waals surface area contributed by atoms with Crippen molar-refractivity contribution in [2.24, 2.45) is 0 Å². The fourth-order valence-corrected chi connectivity index (χ4v) is 3.40. The second-order valence-corrected chi connectivity index (χ2v) is 7.10. The lowest BCUT2D eigenvalue weighted by atomic mass is 10.2. The van der Waals surface area contributed by atoms with Gasteiger partial charge in [-0.25, -0.2) is 15.0 Å². The highest BCUT2D eigenvalue weighted by atomic mass is 16.2. The monoisotopic (exact) mass is 405 g/mol. The van der Waals surface area contributed by atoms with Gasteiger partial charge in [0, 0.05) is 51.1 Å². The number of benzene rings is 1. The van der Waals surface area contributed by atoms with Gasteiger partial charge >= 0.3 is 0 Å². The molecule has 9 heteroatoms. The Morgan fingerprint density at radius 3 is 2.60 bits per heavy atom. The van der Waals surface area contributed by atoms with Gasteiger partial charge in [0.2, 0.25) is 5.91 Å². The SMILES string of the molecule is O=C(Cn1cnccc1=O)Nc1cc(N2CCN(Cc3ccccc3)CC2)ncn1. The van der Waals surface area contributed by atoms with Gasteiger partial charge in [-0.05, 0) is 5.56 Å². The van der Waals surface area contributed by atoms with E-state index in [4.69, 9.17) is 0 Å². The van der Waals surface area contributed by atoms with Crippen molar-refractivity contribution in [2.75, 3.05) is 36.4 Å². The van der Waals surface area contributed by atoms with Gasteiger partial charge in [-0.15, -0.1) is 0 Å². The zero-order valence-corrected chi connectivity index (χ0v) is 16.5. The molecular weight excluding hydrogens is 382 g/mol. The van der Waals surface area contributed by atoms with Crippen molar-refractivity contribution in [3.8, 4) is 0 Å². The third-order valence-electron chi connectivity index (χ3n) is 4.97. The van der Waals surface area contributed by atoms with Crippen LogP contribution in [0.4, 0.5) is 11.6 Å². The molecule has 1 saturated heterocycles. The van der Waals surface area contributed by atoms with Crippen molar-refractivity contribution in [3.63, 3.8) is 0 Å². The number of nitrogens with zero attached hydrogens (tertiary/aromatic N) is 6. The molecule has 1 aliphatic rings. The van der Waals surface area contributed by atoms with Crippen LogP contribution in [0.15, 0.2) is 66.1 Å². The maximum Gasteiger partial charge on any atom is 0.253 e. The lowest BCUT2D eigenvalue weighted by Gasteiger charge is -2.35. The quantitative estimate of drug-likeness (QED) is 0.653. The largest absolute Gasteiger partial charge is 0.354 e. The van der Waals surface area contributed by atoms with Crippen LogP contribution < -0.4 is 15.8 Å². The maximum atomic E-state index is 12.3. The maximum absolute atomic E-state index is 12.3. The lowest BCUT2D eigenvalue weighted by Crippen LogP contribution is -2.46. The minimum absolute atomic E-state index is 0.121. The number of nitrogens with one attached hydrogen (secondary N) is 1. The van der Waals surface area contributed by atoms with Crippen LogP contribution in [0.5, 0.6) is 0 Å². The normalized spacial score (nSPS) is 14.5. The van der Waals surface area contributed by atoms with E-state index in [1.807, 2.05) is 6.07 Å². The van der Waals surface area contributed by atoms with Gasteiger partial charge in [0.15, 0.2) is 0 Å². The third kappa shape index (κ3) is 5.06.